The van der Waals surface area contributed by atoms with Gasteiger partial charge >= 0.3 is 0 Å². The van der Waals surface area contributed by atoms with Gasteiger partial charge in [-0.2, -0.15) is 0 Å². The molecule has 0 fully saturated rings. The number of nitrogens with one attached hydrogen (secondary N) is 2. The van der Waals surface area contributed by atoms with Gasteiger partial charge in [0.15, 0.2) is 0 Å². The van der Waals surface area contributed by atoms with Crippen molar-refractivity contribution in [3.63, 3.8) is 0 Å². The highest BCUT2D eigenvalue weighted by Crippen LogP contribution is 2.27. The van der Waals surface area contributed by atoms with E-state index in [0.29, 0.717) is 29.9 Å². The van der Waals surface area contributed by atoms with E-state index < -0.39 is 5.54 Å². The van der Waals surface area contributed by atoms with Gasteiger partial charge in [-0.1, -0.05) is 44.9 Å². The van der Waals surface area contributed by atoms with Gasteiger partial charge in [0.25, 0.3) is 0 Å². The van der Waals surface area contributed by atoms with E-state index in [1.165, 1.54) is 6.07 Å². The summed E-state index contributed by atoms with van der Waals surface area (Å²) in [7, 11) is 1.92. The van der Waals surface area contributed by atoms with E-state index in [-0.39, 0.29) is 5.82 Å². The molecule has 4 N–H and O–H groups in total. The Kier molecular flexibility index (Phi) is 9.11. The van der Waals surface area contributed by atoms with Gasteiger partial charge in [0.2, 0.25) is 0 Å². The molecule has 188 valence electrons. The van der Waals surface area contributed by atoms with Crippen molar-refractivity contribution in [3.05, 3.63) is 131 Å². The fourth-order valence-electron chi connectivity index (χ4n) is 3.51. The lowest BCUT2D eigenvalue weighted by molar-refractivity contribution is 0.519. The summed E-state index contributed by atoms with van der Waals surface area (Å²) in [5.74, 6) is 2.30. The summed E-state index contributed by atoms with van der Waals surface area (Å²) in [4.78, 5) is 1.96. The van der Waals surface area contributed by atoms with E-state index in [2.05, 4.69) is 49.4 Å². The normalized spacial score (nSPS) is 15.2. The van der Waals surface area contributed by atoms with E-state index in [9.17, 15) is 4.39 Å². The Morgan fingerprint density at radius 2 is 1.89 bits per heavy atom. The summed E-state index contributed by atoms with van der Waals surface area (Å²) >= 11 is 0. The van der Waals surface area contributed by atoms with Gasteiger partial charge < -0.3 is 21.3 Å². The van der Waals surface area contributed by atoms with Crippen molar-refractivity contribution in [2.24, 2.45) is 5.73 Å². The first-order chi connectivity index (χ1) is 16.8. The van der Waals surface area contributed by atoms with Gasteiger partial charge in [-0.15, -0.1) is 6.42 Å². The van der Waals surface area contributed by atoms with Crippen LogP contribution in [0, 0.1) is 18.2 Å². The molecule has 1 aliphatic carbocycles. The fourth-order valence-corrected chi connectivity index (χ4v) is 3.51. The number of halogens is 1. The second kappa shape index (κ2) is 11.6. The summed E-state index contributed by atoms with van der Waals surface area (Å²) in [6, 6.07) is 5.05. The Bertz CT molecular complexity index is 1250. The minimum absolute atomic E-state index is 0.266. The number of hydrogen-bond donors (Lipinski definition) is 3. The maximum absolute atomic E-state index is 14.3. The zero-order valence-corrected chi connectivity index (χ0v) is 21.9. The lowest BCUT2D eigenvalue weighted by atomic mass is 9.94. The first-order valence-electron chi connectivity index (χ1n) is 11.6. The van der Waals surface area contributed by atoms with Crippen molar-refractivity contribution in [2.45, 2.75) is 39.4 Å². The first-order valence-corrected chi connectivity index (χ1v) is 11.6. The number of allylic oxidation sites excluding steroid dienone is 5. The summed E-state index contributed by atoms with van der Waals surface area (Å²) in [6.07, 6.45) is 11.2. The third-order valence-electron chi connectivity index (χ3n) is 5.96. The molecule has 1 unspecified atom stereocenters. The first kappa shape index (κ1) is 28.2. The number of terminal acetylenes is 1. The van der Waals surface area contributed by atoms with E-state index in [4.69, 9.17) is 12.2 Å². The monoisotopic (exact) mass is 484 g/mol. The molecule has 0 saturated carbocycles. The maximum atomic E-state index is 14.3. The topological polar surface area (TPSA) is 53.3 Å². The van der Waals surface area contributed by atoms with Gasteiger partial charge in [-0.3, -0.25) is 0 Å². The van der Waals surface area contributed by atoms with Crippen LogP contribution in [0.1, 0.15) is 31.9 Å². The predicted octanol–water partition coefficient (Wildman–Crippen LogP) is 5.73. The molecule has 5 heteroatoms. The van der Waals surface area contributed by atoms with Crippen molar-refractivity contribution in [3.8, 4) is 12.3 Å². The van der Waals surface area contributed by atoms with E-state index in [1.54, 1.807) is 13.0 Å². The molecule has 1 aromatic rings. The van der Waals surface area contributed by atoms with Gasteiger partial charge in [-0.25, -0.2) is 4.39 Å². The third kappa shape index (κ3) is 7.24. The average molecular weight is 485 g/mol. The van der Waals surface area contributed by atoms with Crippen LogP contribution in [0.2, 0.25) is 0 Å². The number of nitrogens with zero attached hydrogens (tertiary/aromatic N) is 1. The largest absolute Gasteiger partial charge is 0.381 e. The molecule has 2 rings (SSSR count). The highest BCUT2D eigenvalue weighted by atomic mass is 19.1. The maximum Gasteiger partial charge on any atom is 0.128 e. The van der Waals surface area contributed by atoms with Crippen LogP contribution in [-0.2, 0) is 13.1 Å². The average Bonchev–Trinajstić information content (AvgIpc) is 2.83. The quantitative estimate of drug-likeness (QED) is 0.262. The van der Waals surface area contributed by atoms with Crippen molar-refractivity contribution in [1.29, 1.82) is 0 Å². The second-order valence-electron chi connectivity index (χ2n) is 9.28. The number of benzene rings is 1. The zero-order chi connectivity index (χ0) is 27.2. The molecule has 4 nitrogen and oxygen atoms in total. The number of likely N-dealkylation sites (N-methyl/N-ethyl adjacent to an activating group) is 1. The molecule has 1 aliphatic rings. The molecule has 0 aromatic heterocycles. The smallest absolute Gasteiger partial charge is 0.128 e. The molecule has 1 aromatic carbocycles. The van der Waals surface area contributed by atoms with Crippen LogP contribution in [0.3, 0.4) is 0 Å². The Balaban J connectivity index is 2.07. The van der Waals surface area contributed by atoms with Crippen LogP contribution < -0.4 is 16.4 Å². The van der Waals surface area contributed by atoms with Crippen molar-refractivity contribution < 1.29 is 4.39 Å². The van der Waals surface area contributed by atoms with Crippen LogP contribution in [0.15, 0.2) is 114 Å². The van der Waals surface area contributed by atoms with Gasteiger partial charge in [0.1, 0.15) is 5.82 Å². The Labute approximate surface area is 215 Å². The summed E-state index contributed by atoms with van der Waals surface area (Å²) < 4.78 is 14.3. The van der Waals surface area contributed by atoms with Gasteiger partial charge in [0, 0.05) is 48.5 Å². The molecule has 0 spiro atoms. The molecule has 0 aliphatic heterocycles. The van der Waals surface area contributed by atoms with Gasteiger partial charge in [-0.05, 0) is 79.0 Å². The summed E-state index contributed by atoms with van der Waals surface area (Å²) in [5, 5.41) is 6.48. The van der Waals surface area contributed by atoms with Crippen molar-refractivity contribution in [1.82, 2.24) is 15.5 Å². The van der Waals surface area contributed by atoms with Crippen LogP contribution in [0.5, 0.6) is 0 Å². The Hall–Kier alpha value is -4.01. The molecule has 1 atom stereocenters. The molecular weight excluding hydrogens is 447 g/mol. The van der Waals surface area contributed by atoms with Gasteiger partial charge in [0.05, 0.1) is 5.54 Å². The molecular formula is C31H37FN4. The SMILES string of the molecule is C#CC(C)(N)/C=C(/C)N(C)/C(=C\C(=C)C(=C)NCc1ccc(F)c(CNC2=CC(=C)C2=C)c1)C(=C)C. The number of hydrogen-bond acceptors (Lipinski definition) is 4. The lowest BCUT2D eigenvalue weighted by Crippen LogP contribution is -2.33. The lowest BCUT2D eigenvalue weighted by Gasteiger charge is -2.26. The molecule has 0 saturated heterocycles. The molecule has 36 heavy (non-hydrogen) atoms. The zero-order valence-electron chi connectivity index (χ0n) is 21.9. The predicted molar refractivity (Wildman–Crippen MR) is 151 cm³/mol. The highest BCUT2D eigenvalue weighted by molar-refractivity contribution is 5.60. The summed E-state index contributed by atoms with van der Waals surface area (Å²) in [6.45, 7) is 26.6. The van der Waals surface area contributed by atoms with Crippen LogP contribution >= 0.6 is 0 Å². The number of rotatable bonds is 12. The molecule has 0 heterocycles. The minimum Gasteiger partial charge on any atom is -0.381 e. The Morgan fingerprint density at radius 1 is 1.22 bits per heavy atom. The molecule has 0 amide bonds. The highest BCUT2D eigenvalue weighted by Gasteiger charge is 2.16. The van der Waals surface area contributed by atoms with E-state index in [1.807, 2.05) is 50.1 Å². The second-order valence-corrected chi connectivity index (χ2v) is 9.28. The Morgan fingerprint density at radius 3 is 2.44 bits per heavy atom. The van der Waals surface area contributed by atoms with Crippen LogP contribution in [0.25, 0.3) is 0 Å². The van der Waals surface area contributed by atoms with E-state index >= 15 is 0 Å². The standard InChI is InChI=1S/C31H37FN4/c1-11-31(9,33)17-23(6)36(10)30(20(2)3)15-22(5)25(8)34-18-26-12-13-28(32)27(16-26)19-35-29-14-21(4)24(29)7/h1,12-17,34-35H,2,4-5,7-8,18-19,33H2,3,6,9-10H3/b23-17-,30-15-. The summed E-state index contributed by atoms with van der Waals surface area (Å²) in [5.41, 5.74) is 13.3. The van der Waals surface area contributed by atoms with Crippen LogP contribution in [-0.4, -0.2) is 17.5 Å². The molecule has 0 bridgehead atoms. The van der Waals surface area contributed by atoms with Crippen molar-refractivity contribution in [2.75, 3.05) is 7.05 Å². The van der Waals surface area contributed by atoms with Crippen molar-refractivity contribution >= 4 is 0 Å². The number of nitrogens with two attached hydrogens (primary N) is 1. The van der Waals surface area contributed by atoms with E-state index in [0.717, 1.165) is 39.4 Å². The molecule has 0 radical (unpaired) electrons. The fraction of sp³-hybridized carbons (Fsp3) is 0.226. The third-order valence-corrected chi connectivity index (χ3v) is 5.96. The van der Waals surface area contributed by atoms with Crippen LogP contribution in [0.4, 0.5) is 4.39 Å². The minimum atomic E-state index is -0.860.